The van der Waals surface area contributed by atoms with E-state index in [-0.39, 0.29) is 12.4 Å². The molecule has 1 aromatic carbocycles. The van der Waals surface area contributed by atoms with Gasteiger partial charge in [-0.3, -0.25) is 4.98 Å². The monoisotopic (exact) mass is 269 g/mol. The molecule has 0 aliphatic carbocycles. The molecule has 2 rings (SSSR count). The minimum absolute atomic E-state index is 0. The molecule has 0 atom stereocenters. The molecular weight excluding hydrogens is 256 g/mol. The summed E-state index contributed by atoms with van der Waals surface area (Å²) < 4.78 is 0. The van der Waals surface area contributed by atoms with Crippen molar-refractivity contribution >= 4 is 11.6 Å². The van der Waals surface area contributed by atoms with Gasteiger partial charge in [0.1, 0.15) is 6.07 Å². The predicted octanol–water partition coefficient (Wildman–Crippen LogP) is 0.712. The van der Waals surface area contributed by atoms with Gasteiger partial charge in [-0.1, -0.05) is 37.3 Å². The van der Waals surface area contributed by atoms with E-state index in [1.165, 1.54) is 5.56 Å². The minimum atomic E-state index is 0. The number of nitriles is 1. The number of hydrogen-bond donors (Lipinski definition) is 0. The molecule has 0 aliphatic rings. The molecule has 0 saturated carbocycles. The molecule has 1 heterocycles. The van der Waals surface area contributed by atoms with Crippen LogP contribution in [0.15, 0.2) is 48.7 Å². The predicted molar refractivity (Wildman–Crippen MR) is 73.5 cm³/mol. The Morgan fingerprint density at radius 3 is 2.47 bits per heavy atom. The summed E-state index contributed by atoms with van der Waals surface area (Å²) in [6.07, 6.45) is 4.58. The quantitative estimate of drug-likeness (QED) is 0.770. The van der Waals surface area contributed by atoms with E-state index in [9.17, 15) is 5.26 Å². The second kappa shape index (κ2) is 7.35. The van der Waals surface area contributed by atoms with Gasteiger partial charge in [0.2, 0.25) is 0 Å². The molecule has 0 unspecified atom stereocenters. The van der Waals surface area contributed by atoms with E-state index in [1.54, 1.807) is 6.20 Å². The van der Waals surface area contributed by atoms with Gasteiger partial charge in [0.05, 0.1) is 11.3 Å². The summed E-state index contributed by atoms with van der Waals surface area (Å²) in [7, 11) is 0. The number of hydrogen-bond acceptors (Lipinski definition) is 2. The van der Waals surface area contributed by atoms with E-state index in [1.807, 2.05) is 36.4 Å². The van der Waals surface area contributed by atoms with Gasteiger partial charge >= 0.3 is 0 Å². The number of allylic oxidation sites excluding steroid dienone is 1. The molecule has 2 aromatic rings. The summed E-state index contributed by atoms with van der Waals surface area (Å²) in [4.78, 5) is 4.19. The highest BCUT2D eigenvalue weighted by Crippen LogP contribution is 2.15. The molecule has 0 spiro atoms. The lowest BCUT2D eigenvalue weighted by atomic mass is 10.1. The number of nitrogens with zero attached hydrogens (tertiary/aromatic N) is 2. The highest BCUT2D eigenvalue weighted by atomic mass is 35.5. The molecule has 2 nitrogen and oxygen atoms in total. The van der Waals surface area contributed by atoms with Gasteiger partial charge in [-0.25, -0.2) is 0 Å². The second-order valence-corrected chi connectivity index (χ2v) is 3.98. The average molecular weight is 270 g/mol. The summed E-state index contributed by atoms with van der Waals surface area (Å²) in [5.41, 5.74) is 3.61. The van der Waals surface area contributed by atoms with Crippen LogP contribution in [-0.4, -0.2) is 4.98 Å². The Kier molecular flexibility index (Phi) is 5.78. The summed E-state index contributed by atoms with van der Waals surface area (Å²) in [5.74, 6) is 0. The first-order valence-electron chi connectivity index (χ1n) is 5.95. The van der Waals surface area contributed by atoms with Crippen LogP contribution in [0.4, 0.5) is 0 Å². The first-order chi connectivity index (χ1) is 8.83. The van der Waals surface area contributed by atoms with Crippen molar-refractivity contribution in [2.24, 2.45) is 0 Å². The third kappa shape index (κ3) is 3.94. The Morgan fingerprint density at radius 1 is 1.21 bits per heavy atom. The lowest BCUT2D eigenvalue weighted by Gasteiger charge is -2.00. The highest BCUT2D eigenvalue weighted by molar-refractivity contribution is 5.88. The minimum Gasteiger partial charge on any atom is -1.00 e. The fourth-order valence-corrected chi connectivity index (χ4v) is 1.70. The SMILES string of the molecule is CCc1ccc(/C=C(\C#N)c2ccccn2)cc1.[Cl-]. The third-order valence-corrected chi connectivity index (χ3v) is 2.76. The van der Waals surface area contributed by atoms with Crippen LogP contribution < -0.4 is 12.4 Å². The van der Waals surface area contributed by atoms with Crippen LogP contribution in [0.25, 0.3) is 11.6 Å². The molecule has 0 radical (unpaired) electrons. The van der Waals surface area contributed by atoms with Crippen molar-refractivity contribution in [3.8, 4) is 6.07 Å². The number of aryl methyl sites for hydroxylation is 1. The average Bonchev–Trinajstić information content (AvgIpc) is 2.46. The number of benzene rings is 1. The van der Waals surface area contributed by atoms with Gasteiger partial charge in [-0.05, 0) is 35.8 Å². The first kappa shape index (κ1) is 14.9. The summed E-state index contributed by atoms with van der Waals surface area (Å²) in [5, 5.41) is 9.18. The van der Waals surface area contributed by atoms with Crippen molar-refractivity contribution in [3.63, 3.8) is 0 Å². The molecule has 0 aliphatic heterocycles. The largest absolute Gasteiger partial charge is 1.00 e. The zero-order valence-electron chi connectivity index (χ0n) is 10.7. The number of halogens is 1. The number of pyridine rings is 1. The van der Waals surface area contributed by atoms with Gasteiger partial charge in [-0.2, -0.15) is 5.26 Å². The van der Waals surface area contributed by atoms with Crippen molar-refractivity contribution in [1.29, 1.82) is 5.26 Å². The second-order valence-electron chi connectivity index (χ2n) is 3.98. The maximum Gasteiger partial charge on any atom is 0.101 e. The normalized spacial score (nSPS) is 10.4. The summed E-state index contributed by atoms with van der Waals surface area (Å²) in [6, 6.07) is 16.0. The molecule has 3 heteroatoms. The Hall–Kier alpha value is -2.11. The smallest absolute Gasteiger partial charge is 0.101 e. The van der Waals surface area contributed by atoms with Gasteiger partial charge in [0.15, 0.2) is 0 Å². The maximum atomic E-state index is 9.18. The molecule has 19 heavy (non-hydrogen) atoms. The Balaban J connectivity index is 0.00000180. The Labute approximate surface area is 119 Å². The lowest BCUT2D eigenvalue weighted by Crippen LogP contribution is -3.00. The van der Waals surface area contributed by atoms with Crippen molar-refractivity contribution in [1.82, 2.24) is 4.98 Å². The highest BCUT2D eigenvalue weighted by Gasteiger charge is 2.01. The van der Waals surface area contributed by atoms with E-state index in [0.717, 1.165) is 12.0 Å². The van der Waals surface area contributed by atoms with Crippen LogP contribution >= 0.6 is 0 Å². The van der Waals surface area contributed by atoms with Crippen molar-refractivity contribution < 1.29 is 12.4 Å². The van der Waals surface area contributed by atoms with Crippen molar-refractivity contribution in [3.05, 3.63) is 65.5 Å². The van der Waals surface area contributed by atoms with Crippen LogP contribution in [-0.2, 0) is 6.42 Å². The zero-order chi connectivity index (χ0) is 12.8. The molecule has 0 amide bonds. The molecule has 96 valence electrons. The third-order valence-electron chi connectivity index (χ3n) is 2.76. The topological polar surface area (TPSA) is 36.7 Å². The van der Waals surface area contributed by atoms with Crippen LogP contribution in [0.5, 0.6) is 0 Å². The molecule has 1 aromatic heterocycles. The molecule has 0 saturated heterocycles. The summed E-state index contributed by atoms with van der Waals surface area (Å²) in [6.45, 7) is 2.12. The van der Waals surface area contributed by atoms with Crippen LogP contribution in [0.2, 0.25) is 0 Å². The van der Waals surface area contributed by atoms with E-state index in [4.69, 9.17) is 0 Å². The molecule has 0 bridgehead atoms. The van der Waals surface area contributed by atoms with Crippen molar-refractivity contribution in [2.45, 2.75) is 13.3 Å². The Morgan fingerprint density at radius 2 is 1.95 bits per heavy atom. The summed E-state index contributed by atoms with van der Waals surface area (Å²) >= 11 is 0. The van der Waals surface area contributed by atoms with Gasteiger partial charge in [-0.15, -0.1) is 0 Å². The van der Waals surface area contributed by atoms with Gasteiger partial charge < -0.3 is 12.4 Å². The van der Waals surface area contributed by atoms with Crippen LogP contribution in [0.3, 0.4) is 0 Å². The van der Waals surface area contributed by atoms with E-state index in [0.29, 0.717) is 11.3 Å². The fraction of sp³-hybridized carbons (Fsp3) is 0.125. The lowest BCUT2D eigenvalue weighted by molar-refractivity contribution is -0.00000389. The standard InChI is InChI=1S/C16H14N2.ClH/c1-2-13-6-8-14(9-7-13)11-15(12-17)16-5-3-4-10-18-16;/h3-11H,2H2,1H3;1H/p-1/b15-11+;. The molecule has 0 fully saturated rings. The van der Waals surface area contributed by atoms with Crippen LogP contribution in [0.1, 0.15) is 23.7 Å². The van der Waals surface area contributed by atoms with Crippen LogP contribution in [0, 0.1) is 11.3 Å². The van der Waals surface area contributed by atoms with Crippen molar-refractivity contribution in [2.75, 3.05) is 0 Å². The number of aromatic nitrogens is 1. The van der Waals surface area contributed by atoms with Gasteiger partial charge in [0.25, 0.3) is 0 Å². The molecule has 0 N–H and O–H groups in total. The number of rotatable bonds is 3. The van der Waals surface area contributed by atoms with Gasteiger partial charge in [0, 0.05) is 6.20 Å². The fourth-order valence-electron chi connectivity index (χ4n) is 1.70. The first-order valence-corrected chi connectivity index (χ1v) is 5.95. The van der Waals surface area contributed by atoms with E-state index >= 15 is 0 Å². The maximum absolute atomic E-state index is 9.18. The zero-order valence-corrected chi connectivity index (χ0v) is 11.4. The molecular formula is C16H14ClN2-. The Bertz CT molecular complexity index is 580. The van der Waals surface area contributed by atoms with E-state index < -0.39 is 0 Å². The van der Waals surface area contributed by atoms with E-state index in [2.05, 4.69) is 30.1 Å².